The minimum Gasteiger partial charge on any atom is -0.493 e. The average molecular weight is 477 g/mol. The van der Waals surface area contributed by atoms with E-state index in [0.717, 1.165) is 16.9 Å². The number of imide groups is 1. The van der Waals surface area contributed by atoms with Crippen molar-refractivity contribution in [2.75, 3.05) is 23.7 Å². The molecular weight excluding hydrogens is 451 g/mol. The number of hydrogen-bond acceptors (Lipinski definition) is 6. The van der Waals surface area contributed by atoms with Gasteiger partial charge in [0, 0.05) is 0 Å². The predicted molar refractivity (Wildman–Crippen MR) is 128 cm³/mol. The van der Waals surface area contributed by atoms with Crippen LogP contribution < -0.4 is 19.4 Å². The molecule has 180 valence electrons. The molecule has 35 heavy (non-hydrogen) atoms. The summed E-state index contributed by atoms with van der Waals surface area (Å²) in [5.74, 6) is -1.01. The molecule has 2 aliphatic rings. The number of anilines is 2. The summed E-state index contributed by atoms with van der Waals surface area (Å²) < 4.78 is 24.8. The molecule has 0 radical (unpaired) electrons. The lowest BCUT2D eigenvalue weighted by atomic mass is 9.90. The minimum absolute atomic E-state index is 0.310. The number of ether oxygens (including phenoxy) is 2. The number of methoxy groups -OCH3 is 1. The van der Waals surface area contributed by atoms with Gasteiger partial charge in [-0.3, -0.25) is 14.4 Å². The average Bonchev–Trinajstić information content (AvgIpc) is 3.39. The number of hydroxylamine groups is 1. The number of fused-ring (bicyclic) bond motifs is 1. The van der Waals surface area contributed by atoms with Crippen molar-refractivity contribution in [3.05, 3.63) is 84.2 Å². The van der Waals surface area contributed by atoms with E-state index in [0.29, 0.717) is 29.5 Å². The van der Waals surface area contributed by atoms with Crippen LogP contribution in [0.1, 0.15) is 24.9 Å². The molecule has 3 aromatic carbocycles. The molecule has 2 saturated heterocycles. The zero-order chi connectivity index (χ0) is 24.5. The molecule has 0 aliphatic carbocycles. The summed E-state index contributed by atoms with van der Waals surface area (Å²) in [5.41, 5.74) is 1.76. The van der Waals surface area contributed by atoms with E-state index in [1.165, 1.54) is 24.3 Å². The molecule has 3 aromatic rings. The summed E-state index contributed by atoms with van der Waals surface area (Å²) in [7, 11) is 1.56. The maximum atomic E-state index is 13.7. The van der Waals surface area contributed by atoms with Crippen LogP contribution in [0.2, 0.25) is 0 Å². The fourth-order valence-corrected chi connectivity index (χ4v) is 4.60. The molecule has 2 aliphatic heterocycles. The lowest BCUT2D eigenvalue weighted by Crippen LogP contribution is -2.37. The Labute approximate surface area is 202 Å². The summed E-state index contributed by atoms with van der Waals surface area (Å²) >= 11 is 0. The minimum atomic E-state index is -1.01. The predicted octanol–water partition coefficient (Wildman–Crippen LogP) is 4.67. The van der Waals surface area contributed by atoms with Crippen LogP contribution in [0, 0.1) is 11.7 Å². The van der Waals surface area contributed by atoms with Crippen molar-refractivity contribution >= 4 is 23.2 Å². The van der Waals surface area contributed by atoms with Crippen LogP contribution in [-0.2, 0) is 14.4 Å². The van der Waals surface area contributed by atoms with Crippen molar-refractivity contribution in [2.45, 2.75) is 25.5 Å². The first-order valence-corrected chi connectivity index (χ1v) is 11.5. The first kappa shape index (κ1) is 22.9. The summed E-state index contributed by atoms with van der Waals surface area (Å²) in [6.45, 7) is 2.56. The Balaban J connectivity index is 1.57. The van der Waals surface area contributed by atoms with Crippen LogP contribution in [0.3, 0.4) is 0 Å². The molecule has 0 saturated carbocycles. The molecule has 2 fully saturated rings. The van der Waals surface area contributed by atoms with Gasteiger partial charge in [0.05, 0.1) is 31.1 Å². The zero-order valence-electron chi connectivity index (χ0n) is 19.4. The number of rotatable bonds is 7. The number of para-hydroxylation sites is 1. The Kier molecular flexibility index (Phi) is 6.13. The fourth-order valence-electron chi connectivity index (χ4n) is 4.60. The van der Waals surface area contributed by atoms with Gasteiger partial charge in [-0.2, -0.15) is 0 Å². The van der Waals surface area contributed by atoms with E-state index in [1.807, 2.05) is 49.4 Å². The van der Waals surface area contributed by atoms with Crippen molar-refractivity contribution in [1.82, 2.24) is 0 Å². The number of nitrogens with zero attached hydrogens (tertiary/aromatic N) is 2. The highest BCUT2D eigenvalue weighted by Crippen LogP contribution is 2.48. The van der Waals surface area contributed by atoms with Crippen LogP contribution in [0.5, 0.6) is 11.5 Å². The van der Waals surface area contributed by atoms with Gasteiger partial charge < -0.3 is 9.47 Å². The fraction of sp³-hybridized carbons (Fsp3) is 0.259. The molecule has 0 unspecified atom stereocenters. The number of hydrogen-bond donors (Lipinski definition) is 0. The third kappa shape index (κ3) is 4.00. The number of halogens is 1. The van der Waals surface area contributed by atoms with Crippen LogP contribution in [0.25, 0.3) is 0 Å². The molecule has 0 spiro atoms. The first-order valence-electron chi connectivity index (χ1n) is 11.5. The van der Waals surface area contributed by atoms with Gasteiger partial charge in [-0.1, -0.05) is 31.2 Å². The topological polar surface area (TPSA) is 68.3 Å². The molecule has 0 bridgehead atoms. The Hall–Kier alpha value is -3.91. The summed E-state index contributed by atoms with van der Waals surface area (Å²) in [4.78, 5) is 34.2. The SMILES string of the molecule is CCCOc1ccc([C@H]2[C@@H]3C(=O)N(c4ccc(F)cc4)C(=O)[C@H]3ON2c2ccccc2)cc1OC. The van der Waals surface area contributed by atoms with E-state index in [4.69, 9.17) is 14.3 Å². The maximum absolute atomic E-state index is 13.7. The Morgan fingerprint density at radius 3 is 2.34 bits per heavy atom. The van der Waals surface area contributed by atoms with Gasteiger partial charge in [0.2, 0.25) is 5.91 Å². The van der Waals surface area contributed by atoms with E-state index < -0.39 is 35.7 Å². The van der Waals surface area contributed by atoms with E-state index in [9.17, 15) is 14.0 Å². The number of carbonyl (C=O) groups is 2. The van der Waals surface area contributed by atoms with Crippen molar-refractivity contribution < 1.29 is 28.3 Å². The van der Waals surface area contributed by atoms with Gasteiger partial charge in [0.1, 0.15) is 11.7 Å². The van der Waals surface area contributed by atoms with Crippen LogP contribution in [0.15, 0.2) is 72.8 Å². The molecule has 0 aromatic heterocycles. The lowest BCUT2D eigenvalue weighted by molar-refractivity contribution is -0.126. The smallest absolute Gasteiger partial charge is 0.266 e. The third-order valence-electron chi connectivity index (χ3n) is 6.20. The molecule has 0 N–H and O–H groups in total. The molecule has 8 heteroatoms. The van der Waals surface area contributed by atoms with E-state index in [2.05, 4.69) is 0 Å². The van der Waals surface area contributed by atoms with E-state index >= 15 is 0 Å². The summed E-state index contributed by atoms with van der Waals surface area (Å²) in [6, 6.07) is 19.5. The molecule has 2 amide bonds. The standard InChI is InChI=1S/C27H25FN2O5/c1-3-15-34-21-14-9-17(16-22(21)33-2)24-23-25(35-30(24)20-7-5-4-6-8-20)27(32)29(26(23)31)19-12-10-18(28)11-13-19/h4-14,16,23-25H,3,15H2,1-2H3/t23-,24-,25-/m0/s1. The highest BCUT2D eigenvalue weighted by atomic mass is 19.1. The highest BCUT2D eigenvalue weighted by Gasteiger charge is 2.60. The monoisotopic (exact) mass is 476 g/mol. The van der Waals surface area contributed by atoms with Gasteiger partial charge in [-0.25, -0.2) is 14.4 Å². The maximum Gasteiger partial charge on any atom is 0.266 e. The molecule has 3 atom stereocenters. The molecule has 2 heterocycles. The Morgan fingerprint density at radius 2 is 1.66 bits per heavy atom. The quantitative estimate of drug-likeness (QED) is 0.462. The second-order valence-corrected chi connectivity index (χ2v) is 8.41. The van der Waals surface area contributed by atoms with Crippen molar-refractivity contribution in [3.63, 3.8) is 0 Å². The highest BCUT2D eigenvalue weighted by molar-refractivity contribution is 6.23. The number of benzene rings is 3. The van der Waals surface area contributed by atoms with Crippen molar-refractivity contribution in [2.24, 2.45) is 5.92 Å². The van der Waals surface area contributed by atoms with E-state index in [1.54, 1.807) is 18.2 Å². The summed E-state index contributed by atoms with van der Waals surface area (Å²) in [6.07, 6.45) is -0.164. The largest absolute Gasteiger partial charge is 0.493 e. The lowest BCUT2D eigenvalue weighted by Gasteiger charge is -2.29. The Morgan fingerprint density at radius 1 is 0.914 bits per heavy atom. The van der Waals surface area contributed by atoms with Crippen molar-refractivity contribution in [1.29, 1.82) is 0 Å². The van der Waals surface area contributed by atoms with Crippen molar-refractivity contribution in [3.8, 4) is 11.5 Å². The van der Waals surface area contributed by atoms with Gasteiger partial charge in [-0.15, -0.1) is 0 Å². The van der Waals surface area contributed by atoms with Gasteiger partial charge in [-0.05, 0) is 60.5 Å². The van der Waals surface area contributed by atoms with Crippen LogP contribution in [0.4, 0.5) is 15.8 Å². The number of carbonyl (C=O) groups excluding carboxylic acids is 2. The second kappa shape index (κ2) is 9.38. The molecular formula is C27H25FN2O5. The first-order chi connectivity index (χ1) is 17.0. The third-order valence-corrected chi connectivity index (χ3v) is 6.20. The molecule has 7 nitrogen and oxygen atoms in total. The second-order valence-electron chi connectivity index (χ2n) is 8.41. The van der Waals surface area contributed by atoms with Gasteiger partial charge in [0.25, 0.3) is 5.91 Å². The normalized spacial score (nSPS) is 21.4. The number of amides is 2. The van der Waals surface area contributed by atoms with Crippen LogP contribution in [-0.4, -0.2) is 31.6 Å². The van der Waals surface area contributed by atoms with Gasteiger partial charge in [0.15, 0.2) is 17.6 Å². The van der Waals surface area contributed by atoms with Gasteiger partial charge >= 0.3 is 0 Å². The zero-order valence-corrected chi connectivity index (χ0v) is 19.4. The summed E-state index contributed by atoms with van der Waals surface area (Å²) in [5, 5.41) is 1.62. The van der Waals surface area contributed by atoms with Crippen LogP contribution >= 0.6 is 0 Å². The molecule has 5 rings (SSSR count). The Bertz CT molecular complexity index is 1230. The van der Waals surface area contributed by atoms with E-state index in [-0.39, 0.29) is 0 Å².